The van der Waals surface area contributed by atoms with Gasteiger partial charge in [-0.3, -0.25) is 14.2 Å². The lowest BCUT2D eigenvalue weighted by atomic mass is 9.84. The average Bonchev–Trinajstić information content (AvgIpc) is 3.64. The Labute approximate surface area is 232 Å². The van der Waals surface area contributed by atoms with Crippen LogP contribution in [0.15, 0.2) is 65.4 Å². The molecule has 0 spiro atoms. The van der Waals surface area contributed by atoms with Gasteiger partial charge in [-0.25, -0.2) is 0 Å². The van der Waals surface area contributed by atoms with Crippen LogP contribution < -0.4 is 0 Å². The summed E-state index contributed by atoms with van der Waals surface area (Å²) in [5.74, 6) is -1.16. The Morgan fingerprint density at radius 3 is 2.10 bits per heavy atom. The molecule has 8 heteroatoms. The molecule has 2 aromatic heterocycles. The van der Waals surface area contributed by atoms with Crippen molar-refractivity contribution in [2.24, 2.45) is 0 Å². The number of rotatable bonds is 6. The lowest BCUT2D eigenvalue weighted by Gasteiger charge is -2.26. The minimum absolute atomic E-state index is 0.00895. The second-order valence-corrected chi connectivity index (χ2v) is 10.8. The first kappa shape index (κ1) is 25.9. The molecule has 4 aromatic rings. The predicted molar refractivity (Wildman–Crippen MR) is 150 cm³/mol. The molecular formula is C32H33N3O5. The molecule has 8 nitrogen and oxygen atoms in total. The number of benzene rings is 2. The van der Waals surface area contributed by atoms with Gasteiger partial charge in [-0.05, 0) is 56.4 Å². The Morgan fingerprint density at radius 1 is 0.800 bits per heavy atom. The second kappa shape index (κ2) is 11.0. The van der Waals surface area contributed by atoms with Crippen LogP contribution in [0.1, 0.15) is 89.3 Å². The molecule has 6 rings (SSSR count). The Kier molecular flexibility index (Phi) is 7.15. The molecule has 1 aliphatic heterocycles. The van der Waals surface area contributed by atoms with E-state index in [1.165, 1.54) is 6.26 Å². The van der Waals surface area contributed by atoms with Gasteiger partial charge in [-0.15, -0.1) is 0 Å². The van der Waals surface area contributed by atoms with Gasteiger partial charge in [0.25, 0.3) is 5.91 Å². The lowest BCUT2D eigenvalue weighted by molar-refractivity contribution is 0.0724. The van der Waals surface area contributed by atoms with E-state index in [4.69, 9.17) is 4.52 Å². The van der Waals surface area contributed by atoms with E-state index in [9.17, 15) is 19.8 Å². The number of carbonyl (C=O) groups excluding carboxylic acids is 2. The van der Waals surface area contributed by atoms with Gasteiger partial charge in [0.1, 0.15) is 12.0 Å². The van der Waals surface area contributed by atoms with Crippen LogP contribution in [0, 0.1) is 0 Å². The van der Waals surface area contributed by atoms with Crippen LogP contribution >= 0.6 is 0 Å². The molecule has 1 amide bonds. The Hall–Kier alpha value is -4.33. The van der Waals surface area contributed by atoms with Crippen LogP contribution in [0.4, 0.5) is 0 Å². The van der Waals surface area contributed by atoms with E-state index in [0.29, 0.717) is 28.2 Å². The van der Waals surface area contributed by atoms with E-state index >= 15 is 0 Å². The quantitative estimate of drug-likeness (QED) is 0.273. The topological polar surface area (TPSA) is 109 Å². The maximum atomic E-state index is 13.9. The summed E-state index contributed by atoms with van der Waals surface area (Å²) in [7, 11) is 0. The lowest BCUT2D eigenvalue weighted by Crippen LogP contribution is -2.35. The molecule has 3 heterocycles. The van der Waals surface area contributed by atoms with Crippen molar-refractivity contribution in [3.63, 3.8) is 0 Å². The molecule has 206 valence electrons. The SMILES string of the molecule is O=C(c1ccc(C(=O)N2CCCCC2)cc1)c1c(O)c(O)n(-c2ccc(-c3ccon3)cc2)c1C1CCCCC1. The fourth-order valence-electron chi connectivity index (χ4n) is 6.14. The van der Waals surface area contributed by atoms with Gasteiger partial charge in [-0.1, -0.05) is 48.7 Å². The van der Waals surface area contributed by atoms with Crippen molar-refractivity contribution in [1.29, 1.82) is 0 Å². The van der Waals surface area contributed by atoms with Crippen molar-refractivity contribution < 1.29 is 24.3 Å². The predicted octanol–water partition coefficient (Wildman–Crippen LogP) is 6.45. The molecule has 2 aliphatic rings. The fraction of sp³-hybridized carbons (Fsp3) is 0.344. The van der Waals surface area contributed by atoms with E-state index < -0.39 is 5.75 Å². The summed E-state index contributed by atoms with van der Waals surface area (Å²) in [5.41, 5.74) is 3.84. The van der Waals surface area contributed by atoms with Crippen LogP contribution in [0.25, 0.3) is 16.9 Å². The zero-order valence-electron chi connectivity index (χ0n) is 22.4. The first-order valence-corrected chi connectivity index (χ1v) is 14.1. The first-order chi connectivity index (χ1) is 19.5. The zero-order chi connectivity index (χ0) is 27.6. The van der Waals surface area contributed by atoms with Crippen molar-refractivity contribution >= 4 is 11.7 Å². The van der Waals surface area contributed by atoms with Gasteiger partial charge in [0.2, 0.25) is 5.88 Å². The monoisotopic (exact) mass is 539 g/mol. The van der Waals surface area contributed by atoms with Crippen LogP contribution in [-0.4, -0.2) is 49.6 Å². The molecule has 0 bridgehead atoms. The summed E-state index contributed by atoms with van der Waals surface area (Å²) < 4.78 is 6.56. The first-order valence-electron chi connectivity index (χ1n) is 14.1. The highest BCUT2D eigenvalue weighted by atomic mass is 16.5. The Balaban J connectivity index is 1.37. The second-order valence-electron chi connectivity index (χ2n) is 10.8. The van der Waals surface area contributed by atoms with Crippen molar-refractivity contribution in [3.8, 4) is 28.6 Å². The number of nitrogens with zero attached hydrogens (tertiary/aromatic N) is 3. The molecule has 40 heavy (non-hydrogen) atoms. The smallest absolute Gasteiger partial charge is 0.253 e. The van der Waals surface area contributed by atoms with E-state index in [0.717, 1.165) is 70.0 Å². The summed E-state index contributed by atoms with van der Waals surface area (Å²) in [4.78, 5) is 28.7. The Bertz CT molecular complexity index is 1490. The summed E-state index contributed by atoms with van der Waals surface area (Å²) in [6.45, 7) is 1.51. The number of piperidine rings is 1. The molecule has 1 saturated heterocycles. The van der Waals surface area contributed by atoms with E-state index in [2.05, 4.69) is 5.16 Å². The molecule has 1 saturated carbocycles. The molecule has 0 radical (unpaired) electrons. The molecule has 1 aliphatic carbocycles. The van der Waals surface area contributed by atoms with Crippen molar-refractivity contribution in [3.05, 3.63) is 83.2 Å². The zero-order valence-corrected chi connectivity index (χ0v) is 22.4. The van der Waals surface area contributed by atoms with Gasteiger partial charge in [0.05, 0.1) is 5.56 Å². The normalized spacial score (nSPS) is 16.2. The maximum absolute atomic E-state index is 13.9. The highest BCUT2D eigenvalue weighted by Gasteiger charge is 2.34. The highest BCUT2D eigenvalue weighted by molar-refractivity contribution is 6.12. The summed E-state index contributed by atoms with van der Waals surface area (Å²) >= 11 is 0. The van der Waals surface area contributed by atoms with Gasteiger partial charge < -0.3 is 19.6 Å². The summed E-state index contributed by atoms with van der Waals surface area (Å²) in [5, 5.41) is 26.3. The standard InChI is InChI=1S/C32H33N3O5/c36-29(23-9-11-24(12-10-23)31(38)34-18-5-2-6-19-34)27-28(22-7-3-1-4-8-22)35(32(39)30(27)37)25-15-13-21(14-16-25)26-17-20-40-33-26/h9-17,20,22,37,39H,1-8,18-19H2. The van der Waals surface area contributed by atoms with Crippen LogP contribution in [0.2, 0.25) is 0 Å². The molecule has 0 atom stereocenters. The number of amides is 1. The van der Waals surface area contributed by atoms with Gasteiger partial charge in [0.15, 0.2) is 11.5 Å². The molecule has 2 fully saturated rings. The minimum Gasteiger partial charge on any atom is -0.503 e. The third-order valence-corrected chi connectivity index (χ3v) is 8.27. The number of hydrogen-bond donors (Lipinski definition) is 2. The van der Waals surface area contributed by atoms with Crippen LogP contribution in [0.5, 0.6) is 11.6 Å². The van der Waals surface area contributed by atoms with E-state index in [-0.39, 0.29) is 29.1 Å². The van der Waals surface area contributed by atoms with Gasteiger partial charge >= 0.3 is 0 Å². The largest absolute Gasteiger partial charge is 0.503 e. The van der Waals surface area contributed by atoms with E-state index in [1.807, 2.05) is 29.2 Å². The third-order valence-electron chi connectivity index (χ3n) is 8.27. The average molecular weight is 540 g/mol. The molecule has 2 aromatic carbocycles. The molecule has 0 unspecified atom stereocenters. The number of hydrogen-bond acceptors (Lipinski definition) is 6. The number of aromatic hydroxyl groups is 2. The number of likely N-dealkylation sites (tertiary alicyclic amines) is 1. The number of carbonyl (C=O) groups is 2. The van der Waals surface area contributed by atoms with Crippen molar-refractivity contribution in [2.45, 2.75) is 57.3 Å². The number of aromatic nitrogens is 2. The van der Waals surface area contributed by atoms with Crippen molar-refractivity contribution in [2.75, 3.05) is 13.1 Å². The van der Waals surface area contributed by atoms with Gasteiger partial charge in [-0.2, -0.15) is 0 Å². The van der Waals surface area contributed by atoms with Crippen LogP contribution in [0.3, 0.4) is 0 Å². The van der Waals surface area contributed by atoms with E-state index in [1.54, 1.807) is 34.9 Å². The summed E-state index contributed by atoms with van der Waals surface area (Å²) in [6.07, 6.45) is 9.55. The molecule has 2 N–H and O–H groups in total. The summed E-state index contributed by atoms with van der Waals surface area (Å²) in [6, 6.07) is 15.8. The van der Waals surface area contributed by atoms with Crippen molar-refractivity contribution in [1.82, 2.24) is 14.6 Å². The third kappa shape index (κ3) is 4.78. The number of ketones is 1. The Morgan fingerprint density at radius 2 is 1.45 bits per heavy atom. The minimum atomic E-state index is -0.417. The van der Waals surface area contributed by atoms with Gasteiger partial charge in [0, 0.05) is 53.1 Å². The maximum Gasteiger partial charge on any atom is 0.253 e. The van der Waals surface area contributed by atoms with Crippen LogP contribution in [-0.2, 0) is 0 Å². The fourth-order valence-corrected chi connectivity index (χ4v) is 6.14. The molecular weight excluding hydrogens is 506 g/mol. The highest BCUT2D eigenvalue weighted by Crippen LogP contribution is 2.46.